The molecule has 1 aliphatic carbocycles. The lowest BCUT2D eigenvalue weighted by Crippen LogP contribution is -2.19. The molecule has 1 aromatic heterocycles. The quantitative estimate of drug-likeness (QED) is 0.487. The molecule has 27 heavy (non-hydrogen) atoms. The van der Waals surface area contributed by atoms with E-state index in [0.717, 1.165) is 48.9 Å². The second kappa shape index (κ2) is 6.46. The summed E-state index contributed by atoms with van der Waals surface area (Å²) in [6, 6.07) is 15.5. The van der Waals surface area contributed by atoms with Gasteiger partial charge in [-0.3, -0.25) is 10.1 Å². The number of fused-ring (bicyclic) bond motifs is 1. The van der Waals surface area contributed by atoms with Crippen molar-refractivity contribution in [3.63, 3.8) is 0 Å². The van der Waals surface area contributed by atoms with Crippen molar-refractivity contribution < 1.29 is 9.66 Å². The summed E-state index contributed by atoms with van der Waals surface area (Å²) in [7, 11) is 0. The van der Waals surface area contributed by atoms with E-state index in [2.05, 4.69) is 24.3 Å². The minimum Gasteiger partial charge on any atom is -0.356 e. The molecule has 6 heteroatoms. The number of hydrogen-bond donors (Lipinski definition) is 0. The van der Waals surface area contributed by atoms with E-state index in [1.807, 2.05) is 16.8 Å². The zero-order valence-electron chi connectivity index (χ0n) is 15.0. The van der Waals surface area contributed by atoms with Crippen molar-refractivity contribution in [3.8, 4) is 0 Å². The third-order valence-corrected chi connectivity index (χ3v) is 5.73. The van der Waals surface area contributed by atoms with Crippen LogP contribution in [0.3, 0.4) is 0 Å². The Labute approximate surface area is 156 Å². The molecular formula is C21H21N3O3. The summed E-state index contributed by atoms with van der Waals surface area (Å²) >= 11 is 0. The molecule has 2 unspecified atom stereocenters. The van der Waals surface area contributed by atoms with E-state index in [-0.39, 0.29) is 16.8 Å². The summed E-state index contributed by atoms with van der Waals surface area (Å²) in [6.07, 6.45) is 4.08. The summed E-state index contributed by atoms with van der Waals surface area (Å²) in [5.74, 6) is 0.742. The molecule has 0 N–H and O–H groups in total. The molecule has 5 rings (SSSR count). The van der Waals surface area contributed by atoms with Gasteiger partial charge in [-0.15, -0.1) is 0 Å². The second-order valence-electron chi connectivity index (χ2n) is 7.47. The van der Waals surface area contributed by atoms with E-state index < -0.39 is 0 Å². The van der Waals surface area contributed by atoms with E-state index in [1.54, 1.807) is 12.1 Å². The second-order valence-corrected chi connectivity index (χ2v) is 7.47. The summed E-state index contributed by atoms with van der Waals surface area (Å²) in [5, 5.41) is 17.1. The molecule has 2 aliphatic rings. The van der Waals surface area contributed by atoms with Crippen LogP contribution in [0.25, 0.3) is 10.9 Å². The Morgan fingerprint density at radius 1 is 1.11 bits per heavy atom. The number of aromatic nitrogens is 2. The van der Waals surface area contributed by atoms with E-state index in [0.29, 0.717) is 11.8 Å². The summed E-state index contributed by atoms with van der Waals surface area (Å²) < 4.78 is 7.89. The van der Waals surface area contributed by atoms with Gasteiger partial charge in [0.1, 0.15) is 0 Å². The van der Waals surface area contributed by atoms with Crippen LogP contribution in [0.2, 0.25) is 0 Å². The molecule has 1 saturated heterocycles. The van der Waals surface area contributed by atoms with Gasteiger partial charge >= 0.3 is 0 Å². The van der Waals surface area contributed by atoms with Crippen LogP contribution in [0.4, 0.5) is 5.69 Å². The fraction of sp³-hybridized carbons (Fsp3) is 0.381. The van der Waals surface area contributed by atoms with Gasteiger partial charge in [0.25, 0.3) is 5.69 Å². The molecule has 0 amide bonds. The lowest BCUT2D eigenvalue weighted by molar-refractivity contribution is -0.384. The maximum absolute atomic E-state index is 11.3. The van der Waals surface area contributed by atoms with E-state index in [1.165, 1.54) is 5.56 Å². The molecule has 0 bridgehead atoms. The Balaban J connectivity index is 1.58. The molecule has 3 aromatic rings. The smallest absolute Gasteiger partial charge is 0.270 e. The maximum Gasteiger partial charge on any atom is 0.270 e. The average Bonchev–Trinajstić information content (AvgIpc) is 3.42. The van der Waals surface area contributed by atoms with Gasteiger partial charge in [0.15, 0.2) is 6.23 Å². The lowest BCUT2D eigenvalue weighted by Gasteiger charge is -2.23. The third kappa shape index (κ3) is 2.90. The fourth-order valence-electron chi connectivity index (χ4n) is 4.24. The predicted molar refractivity (Wildman–Crippen MR) is 102 cm³/mol. The molecule has 6 nitrogen and oxygen atoms in total. The van der Waals surface area contributed by atoms with Crippen molar-refractivity contribution >= 4 is 16.6 Å². The van der Waals surface area contributed by atoms with Crippen LogP contribution in [-0.2, 0) is 4.74 Å². The van der Waals surface area contributed by atoms with Gasteiger partial charge in [-0.05, 0) is 43.2 Å². The minimum atomic E-state index is -0.334. The van der Waals surface area contributed by atoms with Gasteiger partial charge in [-0.1, -0.05) is 30.3 Å². The number of hydrogen-bond acceptors (Lipinski definition) is 4. The highest BCUT2D eigenvalue weighted by molar-refractivity contribution is 5.85. The molecular weight excluding hydrogens is 342 g/mol. The van der Waals surface area contributed by atoms with E-state index in [4.69, 9.17) is 9.84 Å². The molecule has 1 aliphatic heterocycles. The highest BCUT2D eigenvalue weighted by Crippen LogP contribution is 2.55. The first-order valence-corrected chi connectivity index (χ1v) is 9.55. The lowest BCUT2D eigenvalue weighted by atomic mass is 10.1. The van der Waals surface area contributed by atoms with Crippen molar-refractivity contribution in [2.24, 2.45) is 0 Å². The topological polar surface area (TPSA) is 70.2 Å². The Hall–Kier alpha value is -2.73. The van der Waals surface area contributed by atoms with Crippen molar-refractivity contribution in [2.75, 3.05) is 6.61 Å². The van der Waals surface area contributed by atoms with Crippen LogP contribution < -0.4 is 0 Å². The Bertz CT molecular complexity index is 993. The number of non-ortho nitro benzene ring substituents is 1. The number of nitro benzene ring substituents is 1. The van der Waals surface area contributed by atoms with Gasteiger partial charge in [-0.2, -0.15) is 5.10 Å². The predicted octanol–water partition coefficient (Wildman–Crippen LogP) is 4.91. The summed E-state index contributed by atoms with van der Waals surface area (Å²) in [6.45, 7) is 0.740. The van der Waals surface area contributed by atoms with Crippen LogP contribution in [0.5, 0.6) is 0 Å². The average molecular weight is 363 g/mol. The third-order valence-electron chi connectivity index (χ3n) is 5.73. The van der Waals surface area contributed by atoms with Crippen LogP contribution in [0, 0.1) is 10.1 Å². The molecule has 138 valence electrons. The minimum absolute atomic E-state index is 0.0784. The number of nitro groups is 1. The number of rotatable bonds is 4. The van der Waals surface area contributed by atoms with Crippen molar-refractivity contribution in [1.29, 1.82) is 0 Å². The first-order chi connectivity index (χ1) is 13.2. The van der Waals surface area contributed by atoms with Gasteiger partial charge in [0, 0.05) is 30.0 Å². The zero-order chi connectivity index (χ0) is 18.4. The summed E-state index contributed by atoms with van der Waals surface area (Å²) in [4.78, 5) is 11.0. The SMILES string of the molecule is O=[N+]([O-])c1ccc2c(c1)c([C@@H]1CC1c1ccccc1)nn2C1CCCCO1. The normalized spacial score (nSPS) is 24.8. The Morgan fingerprint density at radius 2 is 1.96 bits per heavy atom. The number of nitrogens with zero attached hydrogens (tertiary/aromatic N) is 3. The van der Waals surface area contributed by atoms with Crippen molar-refractivity contribution in [1.82, 2.24) is 9.78 Å². The zero-order valence-corrected chi connectivity index (χ0v) is 15.0. The fourth-order valence-corrected chi connectivity index (χ4v) is 4.24. The maximum atomic E-state index is 11.3. The van der Waals surface area contributed by atoms with Crippen LogP contribution in [-0.4, -0.2) is 21.3 Å². The first kappa shape index (κ1) is 16.4. The highest BCUT2D eigenvalue weighted by atomic mass is 16.6. The van der Waals surface area contributed by atoms with Crippen LogP contribution in [0.1, 0.15) is 55.0 Å². The van der Waals surface area contributed by atoms with Gasteiger partial charge in [0.05, 0.1) is 16.1 Å². The standard InChI is InChI=1S/C21H21N3O3/c25-24(26)15-9-10-19-18(12-15)21(22-23(19)20-8-4-5-11-27-20)17-13-16(17)14-6-2-1-3-7-14/h1-3,6-7,9-10,12,16-17,20H,4-5,8,11,13H2/t16?,17-,20?/m1/s1. The number of ether oxygens (including phenoxy) is 1. The Kier molecular flexibility index (Phi) is 3.93. The number of benzene rings is 2. The first-order valence-electron chi connectivity index (χ1n) is 9.55. The molecule has 3 atom stereocenters. The van der Waals surface area contributed by atoms with Gasteiger partial charge in [-0.25, -0.2) is 4.68 Å². The molecule has 0 spiro atoms. The van der Waals surface area contributed by atoms with Crippen LogP contribution in [0.15, 0.2) is 48.5 Å². The van der Waals surface area contributed by atoms with Crippen molar-refractivity contribution in [3.05, 3.63) is 69.9 Å². The monoisotopic (exact) mass is 363 g/mol. The van der Waals surface area contributed by atoms with Gasteiger partial charge in [0.2, 0.25) is 0 Å². The largest absolute Gasteiger partial charge is 0.356 e. The molecule has 2 heterocycles. The highest BCUT2D eigenvalue weighted by Gasteiger charge is 2.43. The molecule has 1 saturated carbocycles. The Morgan fingerprint density at radius 3 is 2.70 bits per heavy atom. The molecule has 2 fully saturated rings. The molecule has 0 radical (unpaired) electrons. The van der Waals surface area contributed by atoms with E-state index >= 15 is 0 Å². The van der Waals surface area contributed by atoms with E-state index in [9.17, 15) is 10.1 Å². The summed E-state index contributed by atoms with van der Waals surface area (Å²) in [5.41, 5.74) is 3.33. The van der Waals surface area contributed by atoms with Crippen molar-refractivity contribution in [2.45, 2.75) is 43.7 Å². The molecule has 2 aromatic carbocycles. The van der Waals surface area contributed by atoms with Gasteiger partial charge < -0.3 is 4.74 Å². The van der Waals surface area contributed by atoms with Crippen LogP contribution >= 0.6 is 0 Å².